The van der Waals surface area contributed by atoms with Crippen molar-refractivity contribution in [3.05, 3.63) is 41.5 Å². The van der Waals surface area contributed by atoms with Crippen molar-refractivity contribution < 1.29 is 9.47 Å². The first kappa shape index (κ1) is 12.7. The average Bonchev–Trinajstić information content (AvgIpc) is 2.66. The van der Waals surface area contributed by atoms with Gasteiger partial charge in [0.15, 0.2) is 0 Å². The smallest absolute Gasteiger partial charge is 0.126 e. The molecular weight excluding hydrogens is 236 g/mol. The van der Waals surface area contributed by atoms with Gasteiger partial charge in [-0.3, -0.25) is 0 Å². The summed E-state index contributed by atoms with van der Waals surface area (Å²) in [5, 5.41) is 0. The lowest BCUT2D eigenvalue weighted by molar-refractivity contribution is 0.0102. The average molecular weight is 258 g/mol. The standard InChI is InChI=1S/C17H22O2/c1-10(2)9-15-16-11(3)12(4)18-17(16)13-7-5-6-8-14(13)19-15/h5-9,11-12,15-17H,1-4H3/t11-,12-,15+,16+,17-/m1/s1. The van der Waals surface area contributed by atoms with Crippen LogP contribution in [0.3, 0.4) is 0 Å². The summed E-state index contributed by atoms with van der Waals surface area (Å²) in [7, 11) is 0. The zero-order valence-corrected chi connectivity index (χ0v) is 12.1. The molecule has 102 valence electrons. The van der Waals surface area contributed by atoms with Crippen molar-refractivity contribution in [2.45, 2.75) is 46.0 Å². The lowest BCUT2D eigenvalue weighted by atomic mass is 9.79. The third-order valence-corrected chi connectivity index (χ3v) is 4.42. The SMILES string of the molecule is CC(C)=C[C@@H]1Oc2ccccc2[C@H]2O[C@H](C)[C@@H](C)[C@@H]12. The molecule has 0 bridgehead atoms. The molecule has 2 heterocycles. The van der Waals surface area contributed by atoms with E-state index in [4.69, 9.17) is 9.47 Å². The Morgan fingerprint density at radius 1 is 1.16 bits per heavy atom. The van der Waals surface area contributed by atoms with Gasteiger partial charge in [0.25, 0.3) is 0 Å². The fraction of sp³-hybridized carbons (Fsp3) is 0.529. The van der Waals surface area contributed by atoms with Gasteiger partial charge in [-0.15, -0.1) is 0 Å². The molecule has 1 aromatic carbocycles. The van der Waals surface area contributed by atoms with E-state index in [1.54, 1.807) is 0 Å². The number of para-hydroxylation sites is 1. The molecule has 0 N–H and O–H groups in total. The van der Waals surface area contributed by atoms with E-state index < -0.39 is 0 Å². The topological polar surface area (TPSA) is 18.5 Å². The van der Waals surface area contributed by atoms with Crippen molar-refractivity contribution in [3.63, 3.8) is 0 Å². The lowest BCUT2D eigenvalue weighted by Crippen LogP contribution is -2.35. The molecule has 1 aromatic rings. The molecule has 2 aliphatic rings. The number of ether oxygens (including phenoxy) is 2. The predicted molar refractivity (Wildman–Crippen MR) is 76.2 cm³/mol. The molecule has 5 atom stereocenters. The summed E-state index contributed by atoms with van der Waals surface area (Å²) in [6.45, 7) is 8.70. The van der Waals surface area contributed by atoms with Gasteiger partial charge >= 0.3 is 0 Å². The molecule has 0 radical (unpaired) electrons. The second-order valence-corrected chi connectivity index (χ2v) is 6.06. The van der Waals surface area contributed by atoms with Crippen molar-refractivity contribution in [1.82, 2.24) is 0 Å². The molecule has 0 saturated carbocycles. The van der Waals surface area contributed by atoms with Crippen molar-refractivity contribution in [2.24, 2.45) is 11.8 Å². The summed E-state index contributed by atoms with van der Waals surface area (Å²) in [5.41, 5.74) is 2.51. The van der Waals surface area contributed by atoms with Crippen LogP contribution < -0.4 is 4.74 Å². The van der Waals surface area contributed by atoms with Crippen LogP contribution in [0.2, 0.25) is 0 Å². The quantitative estimate of drug-likeness (QED) is 0.705. The van der Waals surface area contributed by atoms with Crippen LogP contribution in [0, 0.1) is 11.8 Å². The molecule has 0 unspecified atom stereocenters. The van der Waals surface area contributed by atoms with Crippen molar-refractivity contribution >= 4 is 0 Å². The Kier molecular flexibility index (Phi) is 3.14. The molecular formula is C17H22O2. The first-order valence-corrected chi connectivity index (χ1v) is 7.14. The maximum Gasteiger partial charge on any atom is 0.126 e. The normalized spacial score (nSPS) is 36.1. The lowest BCUT2D eigenvalue weighted by Gasteiger charge is -2.35. The molecule has 2 nitrogen and oxygen atoms in total. The minimum atomic E-state index is 0.129. The first-order valence-electron chi connectivity index (χ1n) is 7.14. The fourth-order valence-corrected chi connectivity index (χ4v) is 3.31. The van der Waals surface area contributed by atoms with Crippen LogP contribution in [0.15, 0.2) is 35.9 Å². The second kappa shape index (κ2) is 4.68. The number of benzene rings is 1. The van der Waals surface area contributed by atoms with Gasteiger partial charge in [0.2, 0.25) is 0 Å². The van der Waals surface area contributed by atoms with Crippen LogP contribution in [0.25, 0.3) is 0 Å². The first-order chi connectivity index (χ1) is 9.08. The minimum Gasteiger partial charge on any atom is -0.486 e. The number of rotatable bonds is 1. The van der Waals surface area contributed by atoms with E-state index in [1.807, 2.05) is 6.07 Å². The highest BCUT2D eigenvalue weighted by Gasteiger charge is 2.48. The third kappa shape index (κ3) is 2.08. The molecule has 19 heavy (non-hydrogen) atoms. The Labute approximate surface area is 115 Å². The van der Waals surface area contributed by atoms with E-state index in [-0.39, 0.29) is 18.3 Å². The zero-order valence-electron chi connectivity index (χ0n) is 12.1. The van der Waals surface area contributed by atoms with Gasteiger partial charge in [0, 0.05) is 11.5 Å². The summed E-state index contributed by atoms with van der Waals surface area (Å²) in [5.74, 6) is 1.91. The van der Waals surface area contributed by atoms with Crippen LogP contribution in [-0.2, 0) is 4.74 Å². The van der Waals surface area contributed by atoms with Crippen molar-refractivity contribution in [1.29, 1.82) is 0 Å². The highest BCUT2D eigenvalue weighted by Crippen LogP contribution is 2.50. The Morgan fingerprint density at radius 2 is 1.89 bits per heavy atom. The second-order valence-electron chi connectivity index (χ2n) is 6.06. The van der Waals surface area contributed by atoms with E-state index >= 15 is 0 Å². The fourth-order valence-electron chi connectivity index (χ4n) is 3.31. The molecule has 2 heteroatoms. The Morgan fingerprint density at radius 3 is 2.63 bits per heavy atom. The van der Waals surface area contributed by atoms with Gasteiger partial charge in [0.1, 0.15) is 11.9 Å². The Bertz CT molecular complexity index is 502. The van der Waals surface area contributed by atoms with E-state index in [0.717, 1.165) is 5.75 Å². The molecule has 0 aliphatic carbocycles. The van der Waals surface area contributed by atoms with Crippen LogP contribution in [0.1, 0.15) is 39.4 Å². The monoisotopic (exact) mass is 258 g/mol. The van der Waals surface area contributed by atoms with Crippen LogP contribution in [0.5, 0.6) is 5.75 Å². The minimum absolute atomic E-state index is 0.129. The van der Waals surface area contributed by atoms with Gasteiger partial charge < -0.3 is 9.47 Å². The highest BCUT2D eigenvalue weighted by molar-refractivity contribution is 5.39. The summed E-state index contributed by atoms with van der Waals surface area (Å²) in [4.78, 5) is 0. The molecule has 0 spiro atoms. The van der Waals surface area contributed by atoms with E-state index in [1.165, 1.54) is 11.1 Å². The van der Waals surface area contributed by atoms with E-state index in [2.05, 4.69) is 52.0 Å². The third-order valence-electron chi connectivity index (χ3n) is 4.42. The molecule has 1 fully saturated rings. The molecule has 0 amide bonds. The number of fused-ring (bicyclic) bond motifs is 3. The highest BCUT2D eigenvalue weighted by atomic mass is 16.5. The van der Waals surface area contributed by atoms with Gasteiger partial charge in [-0.2, -0.15) is 0 Å². The van der Waals surface area contributed by atoms with Gasteiger partial charge in [0.05, 0.1) is 12.2 Å². The molecule has 2 aliphatic heterocycles. The zero-order chi connectivity index (χ0) is 13.6. The maximum atomic E-state index is 6.22. The van der Waals surface area contributed by atoms with Crippen molar-refractivity contribution in [2.75, 3.05) is 0 Å². The molecule has 3 rings (SSSR count). The summed E-state index contributed by atoms with van der Waals surface area (Å²) < 4.78 is 12.4. The van der Waals surface area contributed by atoms with Crippen LogP contribution in [0.4, 0.5) is 0 Å². The van der Waals surface area contributed by atoms with E-state index in [9.17, 15) is 0 Å². The number of allylic oxidation sites excluding steroid dienone is 1. The summed E-state index contributed by atoms with van der Waals surface area (Å²) in [6.07, 6.45) is 2.84. The van der Waals surface area contributed by atoms with E-state index in [0.29, 0.717) is 11.8 Å². The summed E-state index contributed by atoms with van der Waals surface area (Å²) in [6, 6.07) is 8.28. The summed E-state index contributed by atoms with van der Waals surface area (Å²) >= 11 is 0. The Hall–Kier alpha value is -1.28. The number of hydrogen-bond donors (Lipinski definition) is 0. The van der Waals surface area contributed by atoms with Crippen LogP contribution >= 0.6 is 0 Å². The predicted octanol–water partition coefficient (Wildman–Crippen LogP) is 4.13. The largest absolute Gasteiger partial charge is 0.486 e. The number of hydrogen-bond acceptors (Lipinski definition) is 2. The van der Waals surface area contributed by atoms with Gasteiger partial charge in [-0.05, 0) is 38.8 Å². The van der Waals surface area contributed by atoms with Crippen LogP contribution in [-0.4, -0.2) is 12.2 Å². The Balaban J connectivity index is 2.05. The molecule has 1 saturated heterocycles. The van der Waals surface area contributed by atoms with Gasteiger partial charge in [-0.25, -0.2) is 0 Å². The van der Waals surface area contributed by atoms with Gasteiger partial charge in [-0.1, -0.05) is 30.7 Å². The van der Waals surface area contributed by atoms with Crippen molar-refractivity contribution in [3.8, 4) is 5.75 Å². The maximum absolute atomic E-state index is 6.22. The molecule has 0 aromatic heterocycles.